The lowest BCUT2D eigenvalue weighted by Crippen LogP contribution is -2.29. The van der Waals surface area contributed by atoms with Gasteiger partial charge in [-0.15, -0.1) is 0 Å². The van der Waals surface area contributed by atoms with Crippen LogP contribution in [0.1, 0.15) is 6.92 Å². The summed E-state index contributed by atoms with van der Waals surface area (Å²) in [4.78, 5) is 11.1. The monoisotopic (exact) mass is 402 g/mol. The molecule has 1 rings (SSSR count). The molecule has 19 heavy (non-hydrogen) atoms. The maximum Gasteiger partial charge on any atom is 0.425 e. The summed E-state index contributed by atoms with van der Waals surface area (Å²) in [6.45, 7) is -1.02. The lowest BCUT2D eigenvalue weighted by molar-refractivity contribution is -0.0508. The molecular weight excluding hydrogens is 394 g/mol. The summed E-state index contributed by atoms with van der Waals surface area (Å²) in [6, 6.07) is 2.93. The molecule has 0 saturated carbocycles. The van der Waals surface area contributed by atoms with E-state index in [9.17, 15) is 13.6 Å². The largest absolute Gasteiger partial charge is 0.449 e. The first-order valence-corrected chi connectivity index (χ1v) is 6.65. The molecule has 1 aromatic rings. The summed E-state index contributed by atoms with van der Waals surface area (Å²) in [5, 5.41) is 0. The molecule has 0 fully saturated rings. The van der Waals surface area contributed by atoms with Crippen molar-refractivity contribution in [1.29, 1.82) is 0 Å². The molecule has 0 aliphatic rings. The van der Waals surface area contributed by atoms with Gasteiger partial charge in [-0.1, -0.05) is 0 Å². The zero-order valence-corrected chi connectivity index (χ0v) is 12.8. The van der Waals surface area contributed by atoms with Gasteiger partial charge in [-0.2, -0.15) is 8.78 Å². The fourth-order valence-electron chi connectivity index (χ4n) is 1.12. The fourth-order valence-corrected chi connectivity index (χ4v) is 2.50. The molecule has 0 spiro atoms. The summed E-state index contributed by atoms with van der Waals surface area (Å²) in [7, 11) is 0. The Kier molecular flexibility index (Phi) is 6.29. The van der Waals surface area contributed by atoms with E-state index in [2.05, 4.69) is 52.2 Å². The second-order valence-electron chi connectivity index (χ2n) is 3.12. The molecule has 0 heterocycles. The van der Waals surface area contributed by atoms with Crippen LogP contribution >= 0.6 is 31.9 Å². The highest BCUT2D eigenvalue weighted by Gasteiger charge is 2.14. The van der Waals surface area contributed by atoms with E-state index in [1.54, 1.807) is 6.92 Å². The molecule has 5 nitrogen and oxygen atoms in total. The highest BCUT2D eigenvalue weighted by molar-refractivity contribution is 9.11. The van der Waals surface area contributed by atoms with E-state index in [1.165, 1.54) is 12.1 Å². The number of hydrogen-bond acceptors (Lipinski definition) is 4. The smallest absolute Gasteiger partial charge is 0.425 e. The standard InChI is InChI=1S/C10H10Br2F2N2O3/c1-2-18-10(17)16-15-5-3-6(11)8(7(12)4-5)19-9(13)14/h3-4,9,15H,2H2,1H3,(H,16,17). The van der Waals surface area contributed by atoms with Crippen LogP contribution < -0.4 is 15.6 Å². The second kappa shape index (κ2) is 7.49. The summed E-state index contributed by atoms with van der Waals surface area (Å²) >= 11 is 6.18. The van der Waals surface area contributed by atoms with Crippen LogP contribution in [0.5, 0.6) is 5.75 Å². The zero-order chi connectivity index (χ0) is 14.4. The molecule has 9 heteroatoms. The minimum atomic E-state index is -2.93. The predicted molar refractivity (Wildman–Crippen MR) is 72.3 cm³/mol. The number of amides is 1. The van der Waals surface area contributed by atoms with Gasteiger partial charge in [0, 0.05) is 0 Å². The Bertz CT molecular complexity index is 437. The van der Waals surface area contributed by atoms with Crippen molar-refractivity contribution < 1.29 is 23.0 Å². The number of hydrazine groups is 1. The van der Waals surface area contributed by atoms with E-state index < -0.39 is 12.7 Å². The average Bonchev–Trinajstić information content (AvgIpc) is 2.31. The molecule has 0 aromatic heterocycles. The van der Waals surface area contributed by atoms with Gasteiger partial charge in [-0.25, -0.2) is 10.2 Å². The fraction of sp³-hybridized carbons (Fsp3) is 0.300. The highest BCUT2D eigenvalue weighted by atomic mass is 79.9. The Labute approximate surface area is 124 Å². The van der Waals surface area contributed by atoms with Crippen LogP contribution in [0.25, 0.3) is 0 Å². The number of nitrogens with one attached hydrogen (secondary N) is 2. The average molecular weight is 404 g/mol. The summed E-state index contributed by atoms with van der Waals surface area (Å²) in [6.07, 6.45) is -0.650. The van der Waals surface area contributed by atoms with Crippen LogP contribution in [-0.2, 0) is 4.74 Å². The number of benzene rings is 1. The number of ether oxygens (including phenoxy) is 2. The third kappa shape index (κ3) is 5.19. The molecule has 0 atom stereocenters. The van der Waals surface area contributed by atoms with Gasteiger partial charge in [0.05, 0.1) is 21.2 Å². The minimum Gasteiger partial charge on any atom is -0.449 e. The Morgan fingerprint density at radius 2 is 1.95 bits per heavy atom. The molecular formula is C10H10Br2F2N2O3. The van der Waals surface area contributed by atoms with E-state index in [4.69, 9.17) is 0 Å². The third-order valence-corrected chi connectivity index (χ3v) is 2.97. The number of hydrogen-bond donors (Lipinski definition) is 2. The summed E-state index contributed by atoms with van der Waals surface area (Å²) in [5.74, 6) is -0.0308. The molecule has 0 bridgehead atoms. The van der Waals surface area contributed by atoms with Gasteiger partial charge >= 0.3 is 12.7 Å². The van der Waals surface area contributed by atoms with Gasteiger partial charge < -0.3 is 9.47 Å². The van der Waals surface area contributed by atoms with E-state index in [1.807, 2.05) is 0 Å². The van der Waals surface area contributed by atoms with Gasteiger partial charge in [-0.3, -0.25) is 5.43 Å². The summed E-state index contributed by atoms with van der Waals surface area (Å²) < 4.78 is 33.9. The number of alkyl halides is 2. The van der Waals surface area contributed by atoms with Crippen molar-refractivity contribution in [3.8, 4) is 5.75 Å². The topological polar surface area (TPSA) is 59.6 Å². The van der Waals surface area contributed by atoms with Crippen LogP contribution in [0, 0.1) is 0 Å². The number of anilines is 1. The second-order valence-corrected chi connectivity index (χ2v) is 4.83. The number of carbonyl (C=O) groups excluding carboxylic acids is 1. The Hall–Kier alpha value is -1.09. The maximum atomic E-state index is 12.2. The Morgan fingerprint density at radius 3 is 2.42 bits per heavy atom. The first-order chi connectivity index (χ1) is 8.93. The molecule has 1 aromatic carbocycles. The molecule has 1 amide bonds. The van der Waals surface area contributed by atoms with Gasteiger partial charge in [-0.05, 0) is 50.9 Å². The summed E-state index contributed by atoms with van der Waals surface area (Å²) in [5.41, 5.74) is 5.29. The van der Waals surface area contributed by atoms with E-state index in [-0.39, 0.29) is 12.4 Å². The predicted octanol–water partition coefficient (Wildman–Crippen LogP) is 3.89. The number of rotatable bonds is 5. The zero-order valence-electron chi connectivity index (χ0n) is 9.68. The van der Waals surface area contributed by atoms with Crippen LogP contribution in [0.15, 0.2) is 21.1 Å². The minimum absolute atomic E-state index is 0.0308. The molecule has 0 aliphatic carbocycles. The van der Waals surface area contributed by atoms with Crippen molar-refractivity contribution in [2.45, 2.75) is 13.5 Å². The number of halogens is 4. The highest BCUT2D eigenvalue weighted by Crippen LogP contribution is 2.37. The van der Waals surface area contributed by atoms with Gasteiger partial charge in [0.2, 0.25) is 0 Å². The van der Waals surface area contributed by atoms with Crippen molar-refractivity contribution in [2.75, 3.05) is 12.0 Å². The third-order valence-electron chi connectivity index (χ3n) is 1.79. The molecule has 0 unspecified atom stereocenters. The van der Waals surface area contributed by atoms with E-state index >= 15 is 0 Å². The normalized spacial score (nSPS) is 10.2. The van der Waals surface area contributed by atoms with Crippen molar-refractivity contribution >= 4 is 43.6 Å². The van der Waals surface area contributed by atoms with E-state index in [0.29, 0.717) is 14.6 Å². The van der Waals surface area contributed by atoms with Crippen molar-refractivity contribution in [3.05, 3.63) is 21.1 Å². The first kappa shape index (κ1) is 16.0. The lowest BCUT2D eigenvalue weighted by atomic mass is 10.3. The van der Waals surface area contributed by atoms with Crippen molar-refractivity contribution in [1.82, 2.24) is 5.43 Å². The van der Waals surface area contributed by atoms with Crippen molar-refractivity contribution in [3.63, 3.8) is 0 Å². The van der Waals surface area contributed by atoms with E-state index in [0.717, 1.165) is 0 Å². The molecule has 0 saturated heterocycles. The van der Waals surface area contributed by atoms with Gasteiger partial charge in [0.1, 0.15) is 0 Å². The molecule has 106 valence electrons. The molecule has 0 aliphatic heterocycles. The van der Waals surface area contributed by atoms with Crippen LogP contribution in [-0.4, -0.2) is 19.3 Å². The molecule has 2 N–H and O–H groups in total. The lowest BCUT2D eigenvalue weighted by Gasteiger charge is -2.13. The van der Waals surface area contributed by atoms with Gasteiger partial charge in [0.25, 0.3) is 0 Å². The number of carbonyl (C=O) groups is 1. The quantitative estimate of drug-likeness (QED) is 0.732. The van der Waals surface area contributed by atoms with Gasteiger partial charge in [0.15, 0.2) is 5.75 Å². The van der Waals surface area contributed by atoms with Crippen molar-refractivity contribution in [2.24, 2.45) is 0 Å². The Morgan fingerprint density at radius 1 is 1.37 bits per heavy atom. The van der Waals surface area contributed by atoms with Crippen LogP contribution in [0.2, 0.25) is 0 Å². The van der Waals surface area contributed by atoms with Crippen LogP contribution in [0.3, 0.4) is 0 Å². The SMILES string of the molecule is CCOC(=O)NNc1cc(Br)c(OC(F)F)c(Br)c1. The molecule has 0 radical (unpaired) electrons. The van der Waals surface area contributed by atoms with Crippen LogP contribution in [0.4, 0.5) is 19.3 Å². The maximum absolute atomic E-state index is 12.2. The Balaban J connectivity index is 2.74. The first-order valence-electron chi connectivity index (χ1n) is 5.06.